The van der Waals surface area contributed by atoms with Gasteiger partial charge in [0.2, 0.25) is 5.91 Å². The zero-order valence-electron chi connectivity index (χ0n) is 17.4. The molecule has 3 rings (SSSR count). The van der Waals surface area contributed by atoms with Gasteiger partial charge in [0, 0.05) is 38.2 Å². The summed E-state index contributed by atoms with van der Waals surface area (Å²) in [5.41, 5.74) is 0.688. The molecule has 2 aromatic rings. The molecule has 1 unspecified atom stereocenters. The van der Waals surface area contributed by atoms with Crippen LogP contribution in [0.1, 0.15) is 46.3 Å². The minimum absolute atomic E-state index is 0.110. The highest BCUT2D eigenvalue weighted by molar-refractivity contribution is 5.94. The summed E-state index contributed by atoms with van der Waals surface area (Å²) in [7, 11) is 0. The number of carbonyl (C=O) groups excluding carboxylic acids is 2. The number of hydrogen-bond donors (Lipinski definition) is 0. The minimum Gasteiger partial charge on any atom is -0.339 e. The highest BCUT2D eigenvalue weighted by Gasteiger charge is 2.30. The van der Waals surface area contributed by atoms with Gasteiger partial charge in [-0.1, -0.05) is 25.1 Å². The van der Waals surface area contributed by atoms with E-state index in [1.807, 2.05) is 0 Å². The van der Waals surface area contributed by atoms with E-state index in [0.717, 1.165) is 12.1 Å². The van der Waals surface area contributed by atoms with E-state index < -0.39 is 17.6 Å². The third-order valence-electron chi connectivity index (χ3n) is 5.63. The van der Waals surface area contributed by atoms with Gasteiger partial charge < -0.3 is 9.80 Å². The maximum absolute atomic E-state index is 13.7. The highest BCUT2D eigenvalue weighted by atomic mass is 19.4. The summed E-state index contributed by atoms with van der Waals surface area (Å²) in [6, 6.07) is 9.22. The SMILES string of the molecule is Cc1ccc(C(=O)N2CCN(C(=O)CC(C)c3ccc(C(F)(F)F)cc3)CC2)cc1F. The summed E-state index contributed by atoms with van der Waals surface area (Å²) < 4.78 is 51.8. The van der Waals surface area contributed by atoms with Crippen LogP contribution in [0.3, 0.4) is 0 Å². The van der Waals surface area contributed by atoms with Crippen molar-refractivity contribution in [1.29, 1.82) is 0 Å². The fourth-order valence-electron chi connectivity index (χ4n) is 3.58. The van der Waals surface area contributed by atoms with Crippen LogP contribution >= 0.6 is 0 Å². The van der Waals surface area contributed by atoms with Gasteiger partial charge in [0.05, 0.1) is 5.56 Å². The lowest BCUT2D eigenvalue weighted by molar-refractivity contribution is -0.137. The molecule has 1 saturated heterocycles. The Bertz CT molecular complexity index is 949. The standard InChI is InChI=1S/C23H24F4N2O2/c1-15-3-4-18(14-20(15)24)22(31)29-11-9-28(10-12-29)21(30)13-16(2)17-5-7-19(8-6-17)23(25,26)27/h3-8,14,16H,9-13H2,1-2H3. The average Bonchev–Trinajstić information content (AvgIpc) is 2.74. The molecule has 0 radical (unpaired) electrons. The number of carbonyl (C=O) groups is 2. The molecule has 0 bridgehead atoms. The number of rotatable bonds is 4. The van der Waals surface area contributed by atoms with Crippen LogP contribution in [0, 0.1) is 12.7 Å². The first-order valence-electron chi connectivity index (χ1n) is 10.1. The van der Waals surface area contributed by atoms with Crippen molar-refractivity contribution in [3.63, 3.8) is 0 Å². The van der Waals surface area contributed by atoms with E-state index in [9.17, 15) is 27.2 Å². The molecule has 31 heavy (non-hydrogen) atoms. The summed E-state index contributed by atoms with van der Waals surface area (Å²) in [6.45, 7) is 4.83. The monoisotopic (exact) mass is 436 g/mol. The lowest BCUT2D eigenvalue weighted by atomic mass is 9.96. The lowest BCUT2D eigenvalue weighted by Gasteiger charge is -2.35. The second kappa shape index (κ2) is 9.08. The lowest BCUT2D eigenvalue weighted by Crippen LogP contribution is -2.50. The minimum atomic E-state index is -4.39. The van der Waals surface area contributed by atoms with Gasteiger partial charge in [0.1, 0.15) is 5.82 Å². The zero-order chi connectivity index (χ0) is 22.8. The first kappa shape index (κ1) is 22.8. The highest BCUT2D eigenvalue weighted by Crippen LogP contribution is 2.30. The van der Waals surface area contributed by atoms with Crippen LogP contribution in [-0.4, -0.2) is 47.8 Å². The van der Waals surface area contributed by atoms with Crippen molar-refractivity contribution in [2.45, 2.75) is 32.4 Å². The fourth-order valence-corrected chi connectivity index (χ4v) is 3.58. The third kappa shape index (κ3) is 5.42. The van der Waals surface area contributed by atoms with Crippen LogP contribution in [0.15, 0.2) is 42.5 Å². The molecule has 8 heteroatoms. The number of alkyl halides is 3. The van der Waals surface area contributed by atoms with E-state index >= 15 is 0 Å². The van der Waals surface area contributed by atoms with Crippen molar-refractivity contribution in [2.24, 2.45) is 0 Å². The zero-order valence-corrected chi connectivity index (χ0v) is 17.4. The van der Waals surface area contributed by atoms with Crippen molar-refractivity contribution >= 4 is 11.8 Å². The number of amides is 2. The summed E-state index contributed by atoms with van der Waals surface area (Å²) in [4.78, 5) is 28.4. The molecule has 166 valence electrons. The van der Waals surface area contributed by atoms with Crippen LogP contribution in [-0.2, 0) is 11.0 Å². The summed E-state index contributed by atoms with van der Waals surface area (Å²) in [6.07, 6.45) is -4.22. The van der Waals surface area contributed by atoms with Gasteiger partial charge in [-0.25, -0.2) is 4.39 Å². The topological polar surface area (TPSA) is 40.6 Å². The van der Waals surface area contributed by atoms with Gasteiger partial charge in [-0.2, -0.15) is 13.2 Å². The molecular formula is C23H24F4N2O2. The van der Waals surface area contributed by atoms with E-state index in [-0.39, 0.29) is 29.7 Å². The van der Waals surface area contributed by atoms with Gasteiger partial charge in [-0.05, 0) is 48.2 Å². The number of halogens is 4. The van der Waals surface area contributed by atoms with E-state index in [1.165, 1.54) is 18.2 Å². The number of hydrogen-bond acceptors (Lipinski definition) is 2. The molecule has 1 atom stereocenters. The van der Waals surface area contributed by atoms with Crippen molar-refractivity contribution in [2.75, 3.05) is 26.2 Å². The molecule has 4 nitrogen and oxygen atoms in total. The van der Waals surface area contributed by atoms with Crippen LogP contribution in [0.2, 0.25) is 0 Å². The Morgan fingerprint density at radius 2 is 1.55 bits per heavy atom. The van der Waals surface area contributed by atoms with Gasteiger partial charge in [0.15, 0.2) is 0 Å². The maximum atomic E-state index is 13.7. The van der Waals surface area contributed by atoms with Crippen molar-refractivity contribution in [1.82, 2.24) is 9.80 Å². The predicted molar refractivity (Wildman–Crippen MR) is 108 cm³/mol. The van der Waals surface area contributed by atoms with Gasteiger partial charge in [0.25, 0.3) is 5.91 Å². The van der Waals surface area contributed by atoms with E-state index in [4.69, 9.17) is 0 Å². The Kier molecular flexibility index (Phi) is 6.67. The summed E-state index contributed by atoms with van der Waals surface area (Å²) in [5.74, 6) is -1.05. The second-order valence-electron chi connectivity index (χ2n) is 7.86. The number of aryl methyl sites for hydroxylation is 1. The van der Waals surface area contributed by atoms with E-state index in [1.54, 1.807) is 35.8 Å². The Hall–Kier alpha value is -2.90. The van der Waals surface area contributed by atoms with Crippen LogP contribution in [0.25, 0.3) is 0 Å². The van der Waals surface area contributed by atoms with Crippen LogP contribution in [0.4, 0.5) is 17.6 Å². The molecule has 0 spiro atoms. The van der Waals surface area contributed by atoms with E-state index in [2.05, 4.69) is 0 Å². The first-order valence-corrected chi connectivity index (χ1v) is 10.1. The van der Waals surface area contributed by atoms with Crippen molar-refractivity contribution in [3.8, 4) is 0 Å². The molecule has 0 saturated carbocycles. The Labute approximate surface area is 178 Å². The van der Waals surface area contributed by atoms with Gasteiger partial charge in [-0.3, -0.25) is 9.59 Å². The Morgan fingerprint density at radius 3 is 2.10 bits per heavy atom. The molecule has 1 fully saturated rings. The molecule has 1 aliphatic heterocycles. The smallest absolute Gasteiger partial charge is 0.339 e. The molecule has 2 amide bonds. The molecule has 1 aliphatic rings. The summed E-state index contributed by atoms with van der Waals surface area (Å²) >= 11 is 0. The molecule has 1 heterocycles. The second-order valence-corrected chi connectivity index (χ2v) is 7.86. The quantitative estimate of drug-likeness (QED) is 0.656. The number of benzene rings is 2. The molecule has 2 aromatic carbocycles. The molecule has 0 aliphatic carbocycles. The molecule has 0 N–H and O–H groups in total. The van der Waals surface area contributed by atoms with Crippen LogP contribution in [0.5, 0.6) is 0 Å². The van der Waals surface area contributed by atoms with Gasteiger partial charge >= 0.3 is 6.18 Å². The number of piperazine rings is 1. The fraction of sp³-hybridized carbons (Fsp3) is 0.391. The normalized spacial score (nSPS) is 15.7. The Morgan fingerprint density at radius 1 is 0.968 bits per heavy atom. The molecular weight excluding hydrogens is 412 g/mol. The largest absolute Gasteiger partial charge is 0.416 e. The first-order chi connectivity index (χ1) is 14.6. The van der Waals surface area contributed by atoms with Gasteiger partial charge in [-0.15, -0.1) is 0 Å². The summed E-state index contributed by atoms with van der Waals surface area (Å²) in [5, 5.41) is 0. The van der Waals surface area contributed by atoms with Crippen LogP contribution < -0.4 is 0 Å². The Balaban J connectivity index is 1.54. The van der Waals surface area contributed by atoms with Crippen molar-refractivity contribution < 1.29 is 27.2 Å². The number of nitrogens with zero attached hydrogens (tertiary/aromatic N) is 2. The average molecular weight is 436 g/mol. The predicted octanol–water partition coefficient (Wildman–Crippen LogP) is 4.63. The van der Waals surface area contributed by atoms with Crippen molar-refractivity contribution in [3.05, 3.63) is 70.5 Å². The molecule has 0 aromatic heterocycles. The van der Waals surface area contributed by atoms with E-state index in [0.29, 0.717) is 37.3 Å². The maximum Gasteiger partial charge on any atom is 0.416 e. The third-order valence-corrected chi connectivity index (χ3v) is 5.63.